The molecule has 11 N–H and O–H groups in total. The summed E-state index contributed by atoms with van der Waals surface area (Å²) in [5.41, 5.74) is 16.2. The summed E-state index contributed by atoms with van der Waals surface area (Å²) in [4.78, 5) is 12.3. The van der Waals surface area contributed by atoms with Gasteiger partial charge in [-0.05, 0) is 32.1 Å². The smallest absolute Gasteiger partial charge is 0.252 e. The van der Waals surface area contributed by atoms with Gasteiger partial charge in [-0.3, -0.25) is 4.79 Å². The summed E-state index contributed by atoms with van der Waals surface area (Å²) in [6, 6.07) is -1.27. The lowest BCUT2D eigenvalue weighted by atomic mass is 9.75. The molecule has 2 aliphatic carbocycles. The molecule has 0 aromatic rings. The van der Waals surface area contributed by atoms with E-state index in [1.165, 1.54) is 0 Å². The lowest BCUT2D eigenvalue weighted by Gasteiger charge is -2.43. The third-order valence-electron chi connectivity index (χ3n) is 6.47. The standard InChI is InChI=1S/C20H39N5O6/c21-11-6-20(29,7-11)19(28)25-13-4-15(23)18(16(27)5-13)31-17-3-1-2-14(30-17)9-24-8-12(22)10-26/h11-18,24,26-27,29H,1-10,21-23H2,(H,25,28)/t11?,12?,13?,14?,15?,16?,17-,18-,20?/m1/s1. The molecule has 2 saturated carbocycles. The highest BCUT2D eigenvalue weighted by Gasteiger charge is 2.48. The molecule has 31 heavy (non-hydrogen) atoms. The molecule has 0 radical (unpaired) electrons. The topological polar surface area (TPSA) is 198 Å². The van der Waals surface area contributed by atoms with Crippen molar-refractivity contribution in [3.05, 3.63) is 0 Å². The van der Waals surface area contributed by atoms with Crippen molar-refractivity contribution in [1.82, 2.24) is 10.6 Å². The molecule has 3 aliphatic rings. The van der Waals surface area contributed by atoms with Crippen LogP contribution in [0, 0.1) is 0 Å². The third kappa shape index (κ3) is 6.56. The van der Waals surface area contributed by atoms with Crippen molar-refractivity contribution in [2.45, 2.75) is 99.3 Å². The number of hydrogen-bond acceptors (Lipinski definition) is 10. The molecule has 7 atom stereocenters. The highest BCUT2D eigenvalue weighted by atomic mass is 16.7. The molecule has 11 nitrogen and oxygen atoms in total. The molecule has 1 saturated heterocycles. The lowest BCUT2D eigenvalue weighted by Crippen LogP contribution is -2.63. The second-order valence-corrected chi connectivity index (χ2v) is 9.39. The number of hydrogen-bond donors (Lipinski definition) is 8. The minimum Gasteiger partial charge on any atom is -0.395 e. The van der Waals surface area contributed by atoms with Crippen molar-refractivity contribution < 1.29 is 29.6 Å². The van der Waals surface area contributed by atoms with E-state index in [1.54, 1.807) is 0 Å². The molecule has 3 fully saturated rings. The van der Waals surface area contributed by atoms with E-state index in [1.807, 2.05) is 0 Å². The Morgan fingerprint density at radius 2 is 2.00 bits per heavy atom. The van der Waals surface area contributed by atoms with Gasteiger partial charge in [0.1, 0.15) is 11.7 Å². The van der Waals surface area contributed by atoms with E-state index in [0.29, 0.717) is 25.9 Å². The zero-order valence-corrected chi connectivity index (χ0v) is 18.0. The number of ether oxygens (including phenoxy) is 2. The predicted octanol–water partition coefficient (Wildman–Crippen LogP) is -3.00. The van der Waals surface area contributed by atoms with Crippen LogP contribution in [0.5, 0.6) is 0 Å². The number of nitrogens with two attached hydrogens (primary N) is 3. The fourth-order valence-corrected chi connectivity index (χ4v) is 4.67. The number of carbonyl (C=O) groups is 1. The molecular formula is C20H39N5O6. The molecule has 180 valence electrons. The van der Waals surface area contributed by atoms with E-state index in [-0.39, 0.29) is 43.7 Å². The van der Waals surface area contributed by atoms with Gasteiger partial charge in [0.25, 0.3) is 5.91 Å². The summed E-state index contributed by atoms with van der Waals surface area (Å²) < 4.78 is 12.0. The van der Waals surface area contributed by atoms with Gasteiger partial charge in [0, 0.05) is 50.1 Å². The van der Waals surface area contributed by atoms with Crippen LogP contribution in [0.15, 0.2) is 0 Å². The number of amides is 1. The van der Waals surface area contributed by atoms with Gasteiger partial charge in [-0.2, -0.15) is 0 Å². The number of aliphatic hydroxyl groups is 3. The molecular weight excluding hydrogens is 406 g/mol. The Bertz CT molecular complexity index is 580. The van der Waals surface area contributed by atoms with Gasteiger partial charge >= 0.3 is 0 Å². The van der Waals surface area contributed by atoms with Crippen LogP contribution in [0.4, 0.5) is 0 Å². The first-order valence-electron chi connectivity index (χ1n) is 11.3. The molecule has 0 aromatic heterocycles. The second-order valence-electron chi connectivity index (χ2n) is 9.39. The largest absolute Gasteiger partial charge is 0.395 e. The maximum Gasteiger partial charge on any atom is 0.252 e. The Morgan fingerprint density at radius 3 is 2.65 bits per heavy atom. The van der Waals surface area contributed by atoms with Crippen LogP contribution in [0.25, 0.3) is 0 Å². The highest BCUT2D eigenvalue weighted by Crippen LogP contribution is 2.32. The fraction of sp³-hybridized carbons (Fsp3) is 0.950. The summed E-state index contributed by atoms with van der Waals surface area (Å²) in [7, 11) is 0. The van der Waals surface area contributed by atoms with Crippen LogP contribution < -0.4 is 27.8 Å². The van der Waals surface area contributed by atoms with Gasteiger partial charge in [0.15, 0.2) is 6.29 Å². The Balaban J connectivity index is 1.43. The molecule has 0 bridgehead atoms. The zero-order chi connectivity index (χ0) is 22.6. The van der Waals surface area contributed by atoms with Gasteiger partial charge in [-0.1, -0.05) is 0 Å². The van der Waals surface area contributed by atoms with E-state index >= 15 is 0 Å². The van der Waals surface area contributed by atoms with Crippen molar-refractivity contribution in [2.75, 3.05) is 19.7 Å². The van der Waals surface area contributed by atoms with Crippen molar-refractivity contribution in [2.24, 2.45) is 17.2 Å². The summed E-state index contributed by atoms with van der Waals surface area (Å²) in [6.45, 7) is 1.03. The van der Waals surface area contributed by atoms with Crippen LogP contribution >= 0.6 is 0 Å². The highest BCUT2D eigenvalue weighted by molar-refractivity contribution is 5.86. The van der Waals surface area contributed by atoms with Gasteiger partial charge in [0.05, 0.1) is 18.8 Å². The maximum atomic E-state index is 12.3. The van der Waals surface area contributed by atoms with Crippen LogP contribution in [-0.4, -0.2) is 95.3 Å². The van der Waals surface area contributed by atoms with E-state index in [2.05, 4.69) is 10.6 Å². The molecule has 0 spiro atoms. The van der Waals surface area contributed by atoms with E-state index in [9.17, 15) is 15.0 Å². The number of nitrogens with one attached hydrogen (secondary N) is 2. The van der Waals surface area contributed by atoms with Gasteiger partial charge in [0.2, 0.25) is 0 Å². The number of aliphatic hydroxyl groups excluding tert-OH is 2. The van der Waals surface area contributed by atoms with Gasteiger partial charge < -0.3 is 52.6 Å². The lowest BCUT2D eigenvalue weighted by molar-refractivity contribution is -0.237. The molecule has 1 aliphatic heterocycles. The summed E-state index contributed by atoms with van der Waals surface area (Å²) >= 11 is 0. The fourth-order valence-electron chi connectivity index (χ4n) is 4.67. The van der Waals surface area contributed by atoms with Gasteiger partial charge in [-0.25, -0.2) is 0 Å². The molecule has 1 heterocycles. The minimum absolute atomic E-state index is 0.0387. The van der Waals surface area contributed by atoms with Crippen LogP contribution in [-0.2, 0) is 14.3 Å². The maximum absolute atomic E-state index is 12.3. The Morgan fingerprint density at radius 1 is 1.26 bits per heavy atom. The average Bonchev–Trinajstić information content (AvgIpc) is 2.70. The molecule has 5 unspecified atom stereocenters. The Kier molecular flexibility index (Phi) is 8.64. The summed E-state index contributed by atoms with van der Waals surface area (Å²) in [5, 5.41) is 35.9. The van der Waals surface area contributed by atoms with Crippen molar-refractivity contribution in [3.63, 3.8) is 0 Å². The SMILES string of the molecule is NC(CO)CNCC1CCC[C@@H](O[C@@H]2C(N)CC(NC(=O)C3(O)CC(N)C3)CC2O)O1. The Labute approximate surface area is 183 Å². The van der Waals surface area contributed by atoms with Crippen molar-refractivity contribution in [1.29, 1.82) is 0 Å². The first kappa shape index (κ1) is 24.7. The van der Waals surface area contributed by atoms with Gasteiger partial charge in [-0.15, -0.1) is 0 Å². The predicted molar refractivity (Wildman–Crippen MR) is 113 cm³/mol. The first-order chi connectivity index (χ1) is 14.7. The number of rotatable bonds is 9. The van der Waals surface area contributed by atoms with E-state index in [4.69, 9.17) is 31.8 Å². The van der Waals surface area contributed by atoms with Crippen LogP contribution in [0.1, 0.15) is 44.9 Å². The second kappa shape index (κ2) is 10.8. The molecule has 0 aromatic carbocycles. The molecule has 3 rings (SSSR count). The summed E-state index contributed by atoms with van der Waals surface area (Å²) in [5.74, 6) is -0.454. The minimum atomic E-state index is -1.41. The van der Waals surface area contributed by atoms with Crippen LogP contribution in [0.3, 0.4) is 0 Å². The van der Waals surface area contributed by atoms with Crippen molar-refractivity contribution >= 4 is 5.91 Å². The number of carbonyl (C=O) groups excluding carboxylic acids is 1. The van der Waals surface area contributed by atoms with Crippen LogP contribution in [0.2, 0.25) is 0 Å². The average molecular weight is 446 g/mol. The normalized spacial score (nSPS) is 41.9. The molecule has 11 heteroatoms. The quantitative estimate of drug-likeness (QED) is 0.181. The zero-order valence-electron chi connectivity index (χ0n) is 18.0. The van der Waals surface area contributed by atoms with E-state index in [0.717, 1.165) is 19.3 Å². The monoisotopic (exact) mass is 445 g/mol. The summed E-state index contributed by atoms with van der Waals surface area (Å²) in [6.07, 6.45) is 1.82. The third-order valence-corrected chi connectivity index (χ3v) is 6.47. The molecule has 1 amide bonds. The van der Waals surface area contributed by atoms with E-state index < -0.39 is 36.0 Å². The van der Waals surface area contributed by atoms with Crippen molar-refractivity contribution in [3.8, 4) is 0 Å². The Hall–Kier alpha value is -0.890. The first-order valence-corrected chi connectivity index (χ1v) is 11.3.